The summed E-state index contributed by atoms with van der Waals surface area (Å²) in [5.41, 5.74) is 1.65. The highest BCUT2D eigenvalue weighted by atomic mass is 32.1. The molecule has 2 aromatic heterocycles. The highest BCUT2D eigenvalue weighted by Crippen LogP contribution is 2.41. The van der Waals surface area contributed by atoms with Crippen molar-refractivity contribution in [2.45, 2.75) is 25.3 Å². The van der Waals surface area contributed by atoms with Gasteiger partial charge in [0, 0.05) is 17.7 Å². The smallest absolute Gasteiger partial charge is 0.270 e. The van der Waals surface area contributed by atoms with Crippen LogP contribution >= 0.6 is 11.3 Å². The maximum absolute atomic E-state index is 11.1. The minimum Gasteiger partial charge on any atom is -0.492 e. The second kappa shape index (κ2) is 8.09. The number of likely N-dealkylation sites (tertiary alicyclic amines) is 1. The van der Waals surface area contributed by atoms with Crippen molar-refractivity contribution < 1.29 is 10.0 Å². The lowest BCUT2D eigenvalue weighted by molar-refractivity contribution is -0.384. The van der Waals surface area contributed by atoms with Gasteiger partial charge in [0.2, 0.25) is 10.8 Å². The van der Waals surface area contributed by atoms with E-state index < -0.39 is 4.92 Å². The van der Waals surface area contributed by atoms with E-state index in [1.165, 1.54) is 34.4 Å². The van der Waals surface area contributed by atoms with Crippen LogP contribution in [-0.2, 0) is 0 Å². The minimum atomic E-state index is -0.444. The summed E-state index contributed by atoms with van der Waals surface area (Å²) in [5.74, 6) is 0.426. The molecular weight excluding hydrogens is 414 g/mol. The van der Waals surface area contributed by atoms with Crippen molar-refractivity contribution in [2.75, 3.05) is 13.1 Å². The van der Waals surface area contributed by atoms with Gasteiger partial charge in [-0.15, -0.1) is 5.10 Å². The van der Waals surface area contributed by atoms with Crippen LogP contribution in [0, 0.1) is 10.1 Å². The average Bonchev–Trinajstić information content (AvgIpc) is 3.35. The van der Waals surface area contributed by atoms with Crippen molar-refractivity contribution in [2.24, 2.45) is 0 Å². The summed E-state index contributed by atoms with van der Waals surface area (Å²) >= 11 is 1.41. The molecule has 0 saturated carbocycles. The summed E-state index contributed by atoms with van der Waals surface area (Å²) in [6.07, 6.45) is 3.51. The highest BCUT2D eigenvalue weighted by Gasteiger charge is 2.30. The fraction of sp³-hybridized carbons (Fsp3) is 0.273. The molecule has 5 rings (SSSR count). The molecule has 1 fully saturated rings. The first-order valence-electron chi connectivity index (χ1n) is 10.2. The Kier molecular flexibility index (Phi) is 5.13. The van der Waals surface area contributed by atoms with Gasteiger partial charge in [-0.25, -0.2) is 0 Å². The fourth-order valence-electron chi connectivity index (χ4n) is 4.15. The number of nitro groups is 1. The molecule has 1 aliphatic rings. The van der Waals surface area contributed by atoms with Gasteiger partial charge in [-0.05, 0) is 31.5 Å². The Bertz CT molecular complexity index is 1230. The summed E-state index contributed by atoms with van der Waals surface area (Å²) in [6, 6.07) is 16.3. The number of aromatic nitrogens is 3. The van der Waals surface area contributed by atoms with Crippen LogP contribution in [0.1, 0.15) is 35.7 Å². The molecule has 2 aromatic carbocycles. The van der Waals surface area contributed by atoms with Crippen LogP contribution in [0.25, 0.3) is 16.3 Å². The number of benzene rings is 2. The Morgan fingerprint density at radius 1 is 1.06 bits per heavy atom. The molecule has 0 bridgehead atoms. The van der Waals surface area contributed by atoms with E-state index in [0.717, 1.165) is 36.4 Å². The highest BCUT2D eigenvalue weighted by molar-refractivity contribution is 7.17. The zero-order valence-corrected chi connectivity index (χ0v) is 17.5. The molecule has 1 unspecified atom stereocenters. The number of hydrogen-bond donors (Lipinski definition) is 1. The fourth-order valence-corrected chi connectivity index (χ4v) is 5.27. The van der Waals surface area contributed by atoms with Gasteiger partial charge < -0.3 is 5.11 Å². The standard InChI is InChI=1S/C22H21N5O3S/c28-21-19(18(15-8-3-1-4-9-15)25-12-5-2-6-13-25)31-22-23-20(24-26(21)22)16-10-7-11-17(14-16)27(29)30/h1,3-4,7-11,14,18,28H,2,5-6,12-13H2. The lowest BCUT2D eigenvalue weighted by Gasteiger charge is -2.34. The van der Waals surface area contributed by atoms with Crippen LogP contribution in [0.2, 0.25) is 0 Å². The molecule has 0 amide bonds. The van der Waals surface area contributed by atoms with Crippen molar-refractivity contribution in [3.63, 3.8) is 0 Å². The van der Waals surface area contributed by atoms with Gasteiger partial charge in [-0.2, -0.15) is 9.50 Å². The summed E-state index contributed by atoms with van der Waals surface area (Å²) in [5, 5.41) is 26.6. The molecule has 31 heavy (non-hydrogen) atoms. The number of aromatic hydroxyl groups is 1. The van der Waals surface area contributed by atoms with E-state index in [1.54, 1.807) is 12.1 Å². The van der Waals surface area contributed by atoms with Crippen molar-refractivity contribution in [1.29, 1.82) is 0 Å². The number of rotatable bonds is 5. The molecule has 0 spiro atoms. The molecule has 4 aromatic rings. The lowest BCUT2D eigenvalue weighted by atomic mass is 10.0. The van der Waals surface area contributed by atoms with Crippen molar-refractivity contribution >= 4 is 22.0 Å². The van der Waals surface area contributed by atoms with Gasteiger partial charge in [0.25, 0.3) is 5.69 Å². The quantitative estimate of drug-likeness (QED) is 0.362. The predicted octanol–water partition coefficient (Wildman–Crippen LogP) is 4.65. The average molecular weight is 436 g/mol. The molecule has 1 saturated heterocycles. The second-order valence-corrected chi connectivity index (χ2v) is 8.65. The van der Waals surface area contributed by atoms with Gasteiger partial charge in [-0.3, -0.25) is 15.0 Å². The summed E-state index contributed by atoms with van der Waals surface area (Å²) in [4.78, 5) is 19.0. The molecule has 1 aliphatic heterocycles. The lowest BCUT2D eigenvalue weighted by Crippen LogP contribution is -2.34. The topological polar surface area (TPSA) is 96.8 Å². The van der Waals surface area contributed by atoms with E-state index in [2.05, 4.69) is 27.1 Å². The SMILES string of the molecule is O=[N+]([O-])c1cccc(-c2nc3sc(C(c4ccccc4)N4CCCCC4)c(O)n3n2)c1. The number of non-ortho nitro benzene ring substituents is 1. The van der Waals surface area contributed by atoms with E-state index in [0.29, 0.717) is 16.3 Å². The monoisotopic (exact) mass is 435 g/mol. The Labute approximate surface area is 182 Å². The molecule has 9 heteroatoms. The summed E-state index contributed by atoms with van der Waals surface area (Å²) in [6.45, 7) is 1.96. The normalized spacial score (nSPS) is 15.9. The third kappa shape index (κ3) is 3.66. The van der Waals surface area contributed by atoms with Crippen LogP contribution in [-0.4, -0.2) is 42.6 Å². The zero-order valence-electron chi connectivity index (χ0n) is 16.7. The Morgan fingerprint density at radius 3 is 2.55 bits per heavy atom. The van der Waals surface area contributed by atoms with E-state index >= 15 is 0 Å². The Balaban J connectivity index is 1.56. The third-order valence-corrected chi connectivity index (χ3v) is 6.71. The Morgan fingerprint density at radius 2 is 1.84 bits per heavy atom. The first-order chi connectivity index (χ1) is 15.1. The van der Waals surface area contributed by atoms with Crippen LogP contribution in [0.3, 0.4) is 0 Å². The number of nitrogens with zero attached hydrogens (tertiary/aromatic N) is 5. The number of piperidine rings is 1. The molecule has 1 N–H and O–H groups in total. The number of nitro benzene ring substituents is 1. The van der Waals surface area contributed by atoms with Crippen LogP contribution < -0.4 is 0 Å². The zero-order chi connectivity index (χ0) is 21.4. The summed E-state index contributed by atoms with van der Waals surface area (Å²) < 4.78 is 1.44. The van der Waals surface area contributed by atoms with Crippen LogP contribution in [0.15, 0.2) is 54.6 Å². The van der Waals surface area contributed by atoms with E-state index in [-0.39, 0.29) is 17.6 Å². The number of thiazole rings is 1. The van der Waals surface area contributed by atoms with Crippen LogP contribution in [0.5, 0.6) is 5.88 Å². The molecular formula is C22H21N5O3S. The van der Waals surface area contributed by atoms with Gasteiger partial charge in [0.15, 0.2) is 5.82 Å². The van der Waals surface area contributed by atoms with E-state index in [9.17, 15) is 15.2 Å². The van der Waals surface area contributed by atoms with E-state index in [4.69, 9.17) is 0 Å². The molecule has 1 atom stereocenters. The molecule has 0 aliphatic carbocycles. The van der Waals surface area contributed by atoms with Crippen LogP contribution in [0.4, 0.5) is 5.69 Å². The van der Waals surface area contributed by atoms with Gasteiger partial charge >= 0.3 is 0 Å². The van der Waals surface area contributed by atoms with Crippen molar-refractivity contribution in [3.8, 4) is 17.3 Å². The predicted molar refractivity (Wildman–Crippen MR) is 118 cm³/mol. The molecule has 3 heterocycles. The van der Waals surface area contributed by atoms with Crippen molar-refractivity contribution in [3.05, 3.63) is 75.2 Å². The first kappa shape index (κ1) is 19.7. The van der Waals surface area contributed by atoms with Crippen molar-refractivity contribution in [1.82, 2.24) is 19.5 Å². The largest absolute Gasteiger partial charge is 0.492 e. The molecule has 0 radical (unpaired) electrons. The van der Waals surface area contributed by atoms with Gasteiger partial charge in [0.05, 0.1) is 15.8 Å². The van der Waals surface area contributed by atoms with Gasteiger partial charge in [-0.1, -0.05) is 60.2 Å². The first-order valence-corrected chi connectivity index (χ1v) is 11.1. The maximum Gasteiger partial charge on any atom is 0.270 e. The second-order valence-electron chi connectivity index (χ2n) is 7.64. The number of hydrogen-bond acceptors (Lipinski definition) is 7. The summed E-state index contributed by atoms with van der Waals surface area (Å²) in [7, 11) is 0. The minimum absolute atomic E-state index is 0.0187. The molecule has 8 nitrogen and oxygen atoms in total. The third-order valence-electron chi connectivity index (χ3n) is 5.63. The molecule has 158 valence electrons. The van der Waals surface area contributed by atoms with E-state index in [1.807, 2.05) is 18.2 Å². The Hall–Kier alpha value is -3.30. The van der Waals surface area contributed by atoms with Gasteiger partial charge in [0.1, 0.15) is 0 Å². The number of fused-ring (bicyclic) bond motifs is 1. The maximum atomic E-state index is 11.1.